The van der Waals surface area contributed by atoms with Crippen LogP contribution in [0, 0.1) is 19.7 Å². The summed E-state index contributed by atoms with van der Waals surface area (Å²) in [7, 11) is -3.51. The van der Waals surface area contributed by atoms with E-state index >= 15 is 0 Å². The summed E-state index contributed by atoms with van der Waals surface area (Å²) in [5.74, 6) is -0.521. The summed E-state index contributed by atoms with van der Waals surface area (Å²) in [6.07, 6.45) is 1.79. The van der Waals surface area contributed by atoms with Gasteiger partial charge in [0.15, 0.2) is 0 Å². The second kappa shape index (κ2) is 8.99. The highest BCUT2D eigenvalue weighted by molar-refractivity contribution is 7.92. The number of rotatable bonds is 8. The number of amides is 1. The van der Waals surface area contributed by atoms with E-state index in [1.165, 1.54) is 16.4 Å². The van der Waals surface area contributed by atoms with Crippen LogP contribution in [-0.4, -0.2) is 33.7 Å². The van der Waals surface area contributed by atoms with E-state index in [1.807, 2.05) is 32.0 Å². The first kappa shape index (κ1) is 20.9. The third-order valence-corrected chi connectivity index (χ3v) is 5.45. The van der Waals surface area contributed by atoms with Crippen molar-refractivity contribution in [2.24, 2.45) is 0 Å². The summed E-state index contributed by atoms with van der Waals surface area (Å²) in [6.45, 7) is 4.19. The lowest BCUT2D eigenvalue weighted by atomic mass is 10.1. The second-order valence-electron chi connectivity index (χ2n) is 6.55. The van der Waals surface area contributed by atoms with Gasteiger partial charge in [-0.1, -0.05) is 30.3 Å². The Bertz CT molecular complexity index is 876. The quantitative estimate of drug-likeness (QED) is 0.751. The Morgan fingerprint density at radius 3 is 2.22 bits per heavy atom. The Balaban J connectivity index is 1.95. The highest BCUT2D eigenvalue weighted by Gasteiger charge is 2.21. The molecular weight excluding hydrogens is 367 g/mol. The summed E-state index contributed by atoms with van der Waals surface area (Å²) in [5, 5.41) is 2.78. The SMILES string of the molecule is Cc1cccc(C)c1N(CCC(=O)NCCc1ccc(F)cc1)S(C)(=O)=O. The van der Waals surface area contributed by atoms with Gasteiger partial charge in [0.1, 0.15) is 5.82 Å². The van der Waals surface area contributed by atoms with Gasteiger partial charge in [-0.25, -0.2) is 12.8 Å². The molecule has 7 heteroatoms. The zero-order valence-corrected chi connectivity index (χ0v) is 16.6. The van der Waals surface area contributed by atoms with Crippen LogP contribution < -0.4 is 9.62 Å². The van der Waals surface area contributed by atoms with Gasteiger partial charge in [0, 0.05) is 19.5 Å². The van der Waals surface area contributed by atoms with Gasteiger partial charge in [-0.2, -0.15) is 0 Å². The van der Waals surface area contributed by atoms with Crippen molar-refractivity contribution in [3.8, 4) is 0 Å². The van der Waals surface area contributed by atoms with Gasteiger partial charge < -0.3 is 5.32 Å². The number of hydrogen-bond acceptors (Lipinski definition) is 3. The van der Waals surface area contributed by atoms with Crippen LogP contribution in [0.25, 0.3) is 0 Å². The van der Waals surface area contributed by atoms with Crippen LogP contribution in [0.4, 0.5) is 10.1 Å². The van der Waals surface area contributed by atoms with Crippen LogP contribution in [0.2, 0.25) is 0 Å². The molecule has 0 saturated carbocycles. The number of carbonyl (C=O) groups excluding carboxylic acids is 1. The minimum atomic E-state index is -3.51. The molecule has 2 aromatic carbocycles. The maximum Gasteiger partial charge on any atom is 0.232 e. The highest BCUT2D eigenvalue weighted by atomic mass is 32.2. The van der Waals surface area contributed by atoms with E-state index in [1.54, 1.807) is 12.1 Å². The molecule has 27 heavy (non-hydrogen) atoms. The van der Waals surface area contributed by atoms with E-state index in [9.17, 15) is 17.6 Å². The molecule has 1 amide bonds. The van der Waals surface area contributed by atoms with Gasteiger partial charge in [-0.05, 0) is 49.1 Å². The Kier molecular flexibility index (Phi) is 6.96. The maximum absolute atomic E-state index is 12.9. The van der Waals surface area contributed by atoms with Crippen molar-refractivity contribution in [1.29, 1.82) is 0 Å². The van der Waals surface area contributed by atoms with Crippen molar-refractivity contribution < 1.29 is 17.6 Å². The molecular formula is C20H25FN2O3S. The first-order valence-corrected chi connectivity index (χ1v) is 10.6. The summed E-state index contributed by atoms with van der Waals surface area (Å²) >= 11 is 0. The standard InChI is InChI=1S/C20H25FN2O3S/c1-15-5-4-6-16(2)20(15)23(27(3,25)26)14-12-19(24)22-13-11-17-7-9-18(21)10-8-17/h4-10H,11-14H2,1-3H3,(H,22,24). The van der Waals surface area contributed by atoms with Gasteiger partial charge in [0.05, 0.1) is 11.9 Å². The van der Waals surface area contributed by atoms with Crippen LogP contribution >= 0.6 is 0 Å². The van der Waals surface area contributed by atoms with Crippen molar-refractivity contribution in [3.05, 3.63) is 65.0 Å². The average Bonchev–Trinajstić information content (AvgIpc) is 2.58. The number of nitrogens with one attached hydrogen (secondary N) is 1. The molecule has 0 unspecified atom stereocenters. The van der Waals surface area contributed by atoms with Gasteiger partial charge in [0.2, 0.25) is 15.9 Å². The molecule has 0 aliphatic rings. The topological polar surface area (TPSA) is 66.5 Å². The summed E-state index contributed by atoms with van der Waals surface area (Å²) < 4.78 is 38.6. The molecule has 0 saturated heterocycles. The van der Waals surface area contributed by atoms with Crippen LogP contribution in [0.1, 0.15) is 23.1 Å². The van der Waals surface area contributed by atoms with E-state index in [2.05, 4.69) is 5.32 Å². The number of sulfonamides is 1. The molecule has 0 atom stereocenters. The molecule has 146 valence electrons. The zero-order valence-electron chi connectivity index (χ0n) is 15.8. The fourth-order valence-electron chi connectivity index (χ4n) is 2.93. The molecule has 0 aromatic heterocycles. The molecule has 0 aliphatic carbocycles. The van der Waals surface area contributed by atoms with E-state index in [-0.39, 0.29) is 24.7 Å². The molecule has 2 rings (SSSR count). The van der Waals surface area contributed by atoms with Gasteiger partial charge in [-0.3, -0.25) is 9.10 Å². The lowest BCUT2D eigenvalue weighted by Crippen LogP contribution is -2.36. The summed E-state index contributed by atoms with van der Waals surface area (Å²) in [6, 6.07) is 11.7. The maximum atomic E-state index is 12.9. The number of benzene rings is 2. The highest BCUT2D eigenvalue weighted by Crippen LogP contribution is 2.26. The molecule has 0 bridgehead atoms. The minimum absolute atomic E-state index is 0.0598. The molecule has 0 heterocycles. The third-order valence-electron chi connectivity index (χ3n) is 4.28. The molecule has 0 aliphatic heterocycles. The number of anilines is 1. The largest absolute Gasteiger partial charge is 0.356 e. The van der Waals surface area contributed by atoms with E-state index in [4.69, 9.17) is 0 Å². The average molecular weight is 392 g/mol. The fraction of sp³-hybridized carbons (Fsp3) is 0.350. The molecule has 2 aromatic rings. The third kappa shape index (κ3) is 6.06. The number of aryl methyl sites for hydroxylation is 2. The lowest BCUT2D eigenvalue weighted by molar-refractivity contribution is -0.120. The van der Waals surface area contributed by atoms with Crippen LogP contribution in [0.5, 0.6) is 0 Å². The molecule has 0 spiro atoms. The fourth-order valence-corrected chi connectivity index (χ4v) is 3.97. The Hall–Kier alpha value is -2.41. The van der Waals surface area contributed by atoms with Crippen LogP contribution in [-0.2, 0) is 21.2 Å². The lowest BCUT2D eigenvalue weighted by Gasteiger charge is -2.25. The van der Waals surface area contributed by atoms with Crippen molar-refractivity contribution in [1.82, 2.24) is 5.32 Å². The van der Waals surface area contributed by atoms with E-state index < -0.39 is 10.0 Å². The molecule has 0 fully saturated rings. The van der Waals surface area contributed by atoms with Crippen molar-refractivity contribution in [3.63, 3.8) is 0 Å². The Morgan fingerprint density at radius 2 is 1.67 bits per heavy atom. The molecule has 0 radical (unpaired) electrons. The van der Waals surface area contributed by atoms with Crippen LogP contribution in [0.15, 0.2) is 42.5 Å². The Labute approximate surface area is 160 Å². The van der Waals surface area contributed by atoms with Crippen molar-refractivity contribution >= 4 is 21.6 Å². The number of halogens is 1. The summed E-state index contributed by atoms with van der Waals surface area (Å²) in [4.78, 5) is 12.1. The normalized spacial score (nSPS) is 11.3. The first-order chi connectivity index (χ1) is 12.7. The predicted octanol–water partition coefficient (Wildman–Crippen LogP) is 2.96. The number of para-hydroxylation sites is 1. The number of hydrogen-bond donors (Lipinski definition) is 1. The number of carbonyl (C=O) groups is 1. The monoisotopic (exact) mass is 392 g/mol. The van der Waals surface area contributed by atoms with Gasteiger partial charge >= 0.3 is 0 Å². The molecule has 1 N–H and O–H groups in total. The molecule has 5 nitrogen and oxygen atoms in total. The first-order valence-electron chi connectivity index (χ1n) is 8.73. The second-order valence-corrected chi connectivity index (χ2v) is 8.46. The van der Waals surface area contributed by atoms with E-state index in [0.29, 0.717) is 18.7 Å². The number of nitrogens with zero attached hydrogens (tertiary/aromatic N) is 1. The Morgan fingerprint density at radius 1 is 1.07 bits per heavy atom. The zero-order chi connectivity index (χ0) is 20.0. The minimum Gasteiger partial charge on any atom is -0.356 e. The van der Waals surface area contributed by atoms with Gasteiger partial charge in [0.25, 0.3) is 0 Å². The summed E-state index contributed by atoms with van der Waals surface area (Å²) in [5.41, 5.74) is 3.23. The predicted molar refractivity (Wildman–Crippen MR) is 106 cm³/mol. The van der Waals surface area contributed by atoms with Gasteiger partial charge in [-0.15, -0.1) is 0 Å². The van der Waals surface area contributed by atoms with E-state index in [0.717, 1.165) is 22.9 Å². The van der Waals surface area contributed by atoms with Crippen LogP contribution in [0.3, 0.4) is 0 Å². The van der Waals surface area contributed by atoms with Crippen molar-refractivity contribution in [2.75, 3.05) is 23.7 Å². The smallest absolute Gasteiger partial charge is 0.232 e. The van der Waals surface area contributed by atoms with Crippen molar-refractivity contribution in [2.45, 2.75) is 26.7 Å².